The summed E-state index contributed by atoms with van der Waals surface area (Å²) in [4.78, 5) is 3.16. The molecule has 1 aliphatic rings. The zero-order valence-electron chi connectivity index (χ0n) is 18.8. The van der Waals surface area contributed by atoms with Crippen LogP contribution in [0, 0.1) is 6.92 Å². The Morgan fingerprint density at radius 2 is 1.81 bits per heavy atom. The molecule has 3 aromatic rings. The number of aryl methyl sites for hydroxylation is 1. The van der Waals surface area contributed by atoms with Crippen molar-refractivity contribution in [3.8, 4) is 16.2 Å². The largest absolute Gasteiger partial charge is 0.495 e. The molecule has 0 radical (unpaired) electrons. The van der Waals surface area contributed by atoms with E-state index < -0.39 is 10.0 Å². The van der Waals surface area contributed by atoms with Crippen LogP contribution in [0.5, 0.6) is 5.75 Å². The molecule has 0 amide bonds. The summed E-state index contributed by atoms with van der Waals surface area (Å²) in [6.45, 7) is 7.95. The van der Waals surface area contributed by atoms with Crippen molar-refractivity contribution in [1.29, 1.82) is 0 Å². The van der Waals surface area contributed by atoms with Gasteiger partial charge in [-0.2, -0.15) is 0 Å². The molecule has 1 saturated heterocycles. The molecule has 2 N–H and O–H groups in total. The first-order valence-electron chi connectivity index (χ1n) is 10.6. The van der Waals surface area contributed by atoms with Gasteiger partial charge in [0.05, 0.1) is 18.5 Å². The van der Waals surface area contributed by atoms with Crippen molar-refractivity contribution in [2.45, 2.75) is 37.1 Å². The number of ether oxygens (including phenoxy) is 1. The highest BCUT2D eigenvalue weighted by Crippen LogP contribution is 2.35. The summed E-state index contributed by atoms with van der Waals surface area (Å²) < 4.78 is 34.8. The molecule has 1 fully saturated rings. The highest BCUT2D eigenvalue weighted by Gasteiger charge is 2.24. The summed E-state index contributed by atoms with van der Waals surface area (Å²) in [7, 11) is -2.07. The van der Waals surface area contributed by atoms with Crippen LogP contribution in [0.3, 0.4) is 0 Å². The summed E-state index contributed by atoms with van der Waals surface area (Å²) in [5.74, 6) is 0.729. The van der Waals surface area contributed by atoms with E-state index >= 15 is 0 Å². The van der Waals surface area contributed by atoms with Crippen LogP contribution >= 0.6 is 11.3 Å². The van der Waals surface area contributed by atoms with E-state index in [-0.39, 0.29) is 4.21 Å². The van der Waals surface area contributed by atoms with E-state index in [9.17, 15) is 8.42 Å². The molecule has 0 unspecified atom stereocenters. The summed E-state index contributed by atoms with van der Waals surface area (Å²) in [6.07, 6.45) is 0. The Bertz CT molecular complexity index is 1200. The lowest BCUT2D eigenvalue weighted by Gasteiger charge is -2.38. The SMILES string of the molecule is COc1ccc(NS(=O)(=O)c2ccc(-c3cccc(C)c3)s2)cc1N1C[C@@H](C)N[C@@H](C)C1. The van der Waals surface area contributed by atoms with Crippen LogP contribution in [0.4, 0.5) is 11.4 Å². The van der Waals surface area contributed by atoms with Crippen molar-refractivity contribution in [2.24, 2.45) is 0 Å². The molecule has 2 aromatic carbocycles. The molecule has 170 valence electrons. The van der Waals surface area contributed by atoms with Crippen LogP contribution in [0.1, 0.15) is 19.4 Å². The zero-order valence-corrected chi connectivity index (χ0v) is 20.4. The van der Waals surface area contributed by atoms with Gasteiger partial charge in [-0.25, -0.2) is 8.42 Å². The number of benzene rings is 2. The number of anilines is 2. The van der Waals surface area contributed by atoms with Crippen molar-refractivity contribution >= 4 is 32.7 Å². The van der Waals surface area contributed by atoms with Crippen molar-refractivity contribution in [3.63, 3.8) is 0 Å². The Balaban J connectivity index is 1.60. The number of nitrogens with one attached hydrogen (secondary N) is 2. The Morgan fingerprint density at radius 3 is 2.50 bits per heavy atom. The Labute approximate surface area is 194 Å². The Hall–Kier alpha value is -2.55. The number of sulfonamides is 1. The standard InChI is InChI=1S/C24H29N3O3S2/c1-16-6-5-7-19(12-16)23-10-11-24(31-23)32(28,29)26-20-8-9-22(30-4)21(13-20)27-14-17(2)25-18(3)15-27/h5-13,17-18,25-26H,14-15H2,1-4H3/t17-,18+. The van der Waals surface area contributed by atoms with E-state index in [4.69, 9.17) is 4.74 Å². The summed E-state index contributed by atoms with van der Waals surface area (Å²) >= 11 is 1.27. The highest BCUT2D eigenvalue weighted by molar-refractivity contribution is 7.94. The predicted molar refractivity (Wildman–Crippen MR) is 133 cm³/mol. The van der Waals surface area contributed by atoms with Gasteiger partial charge in [0.1, 0.15) is 9.96 Å². The van der Waals surface area contributed by atoms with E-state index in [1.165, 1.54) is 11.3 Å². The van der Waals surface area contributed by atoms with Crippen LogP contribution in [-0.4, -0.2) is 40.7 Å². The molecule has 4 rings (SSSR count). The van der Waals surface area contributed by atoms with Gasteiger partial charge in [-0.05, 0) is 56.7 Å². The van der Waals surface area contributed by atoms with Gasteiger partial charge in [-0.3, -0.25) is 4.72 Å². The van der Waals surface area contributed by atoms with E-state index in [2.05, 4.69) is 34.9 Å². The van der Waals surface area contributed by atoms with Gasteiger partial charge < -0.3 is 15.0 Å². The fraction of sp³-hybridized carbons (Fsp3) is 0.333. The minimum atomic E-state index is -3.70. The lowest BCUT2D eigenvalue weighted by Crippen LogP contribution is -2.54. The minimum Gasteiger partial charge on any atom is -0.495 e. The first kappa shape index (κ1) is 22.6. The number of rotatable bonds is 6. The van der Waals surface area contributed by atoms with Gasteiger partial charge in [0.25, 0.3) is 10.0 Å². The lowest BCUT2D eigenvalue weighted by molar-refractivity contribution is 0.391. The van der Waals surface area contributed by atoms with Gasteiger partial charge in [-0.15, -0.1) is 11.3 Å². The predicted octanol–water partition coefficient (Wildman–Crippen LogP) is 4.72. The van der Waals surface area contributed by atoms with Gasteiger partial charge in [0, 0.05) is 30.1 Å². The zero-order chi connectivity index (χ0) is 22.9. The maximum atomic E-state index is 13.1. The Morgan fingerprint density at radius 1 is 1.06 bits per heavy atom. The number of thiophene rings is 1. The van der Waals surface area contributed by atoms with E-state index in [1.807, 2.05) is 43.3 Å². The van der Waals surface area contributed by atoms with Crippen molar-refractivity contribution in [1.82, 2.24) is 5.32 Å². The van der Waals surface area contributed by atoms with Crippen LogP contribution in [0.25, 0.3) is 10.4 Å². The van der Waals surface area contributed by atoms with E-state index in [1.54, 1.807) is 19.2 Å². The number of hydrogen-bond acceptors (Lipinski definition) is 6. The fourth-order valence-corrected chi connectivity index (χ4v) is 6.50. The number of piperazine rings is 1. The van der Waals surface area contributed by atoms with Crippen molar-refractivity contribution in [3.05, 3.63) is 60.2 Å². The smallest absolute Gasteiger partial charge is 0.271 e. The molecule has 2 heterocycles. The molecule has 0 aliphatic carbocycles. The van der Waals surface area contributed by atoms with Gasteiger partial charge in [-0.1, -0.05) is 29.8 Å². The van der Waals surface area contributed by atoms with Crippen LogP contribution < -0.4 is 19.7 Å². The van der Waals surface area contributed by atoms with Gasteiger partial charge in [0.2, 0.25) is 0 Å². The normalized spacial score (nSPS) is 19.1. The maximum absolute atomic E-state index is 13.1. The molecule has 1 aromatic heterocycles. The fourth-order valence-electron chi connectivity index (χ4n) is 4.15. The lowest BCUT2D eigenvalue weighted by atomic mass is 10.1. The van der Waals surface area contributed by atoms with E-state index in [0.29, 0.717) is 17.8 Å². The molecule has 0 spiro atoms. The van der Waals surface area contributed by atoms with Crippen LogP contribution in [0.15, 0.2) is 58.8 Å². The summed E-state index contributed by atoms with van der Waals surface area (Å²) in [6, 6.07) is 17.6. The molecule has 1 aliphatic heterocycles. The van der Waals surface area contributed by atoms with Crippen molar-refractivity contribution < 1.29 is 13.2 Å². The van der Waals surface area contributed by atoms with Crippen LogP contribution in [-0.2, 0) is 10.0 Å². The average Bonchev–Trinajstić information content (AvgIpc) is 3.24. The Kier molecular flexibility index (Phi) is 6.46. The van der Waals surface area contributed by atoms with Gasteiger partial charge in [0.15, 0.2) is 0 Å². The molecular weight excluding hydrogens is 442 g/mol. The van der Waals surface area contributed by atoms with Crippen LogP contribution in [0.2, 0.25) is 0 Å². The summed E-state index contributed by atoms with van der Waals surface area (Å²) in [5.41, 5.74) is 3.57. The maximum Gasteiger partial charge on any atom is 0.271 e. The highest BCUT2D eigenvalue weighted by atomic mass is 32.2. The molecule has 2 atom stereocenters. The van der Waals surface area contributed by atoms with E-state index in [0.717, 1.165) is 40.5 Å². The average molecular weight is 472 g/mol. The van der Waals surface area contributed by atoms with Gasteiger partial charge >= 0.3 is 0 Å². The summed E-state index contributed by atoms with van der Waals surface area (Å²) in [5, 5.41) is 3.52. The number of methoxy groups -OCH3 is 1. The first-order valence-corrected chi connectivity index (χ1v) is 12.9. The molecule has 0 bridgehead atoms. The third kappa shape index (κ3) is 4.92. The second-order valence-electron chi connectivity index (χ2n) is 8.35. The second-order valence-corrected chi connectivity index (χ2v) is 11.3. The molecule has 6 nitrogen and oxygen atoms in total. The number of hydrogen-bond donors (Lipinski definition) is 2. The number of nitrogens with zero attached hydrogens (tertiary/aromatic N) is 1. The first-order chi connectivity index (χ1) is 15.2. The quantitative estimate of drug-likeness (QED) is 0.544. The molecule has 32 heavy (non-hydrogen) atoms. The monoisotopic (exact) mass is 471 g/mol. The topological polar surface area (TPSA) is 70.7 Å². The van der Waals surface area contributed by atoms with Crippen molar-refractivity contribution in [2.75, 3.05) is 29.8 Å². The molecule has 0 saturated carbocycles. The minimum absolute atomic E-state index is 0.288. The molecular formula is C24H29N3O3S2. The third-order valence-electron chi connectivity index (χ3n) is 5.48. The second kappa shape index (κ2) is 9.13. The molecule has 8 heteroatoms. The third-order valence-corrected chi connectivity index (χ3v) is 8.49.